The van der Waals surface area contributed by atoms with Gasteiger partial charge in [-0.2, -0.15) is 5.26 Å². The average molecular weight is 287 g/mol. The van der Waals surface area contributed by atoms with Gasteiger partial charge < -0.3 is 10.1 Å². The van der Waals surface area contributed by atoms with Gasteiger partial charge in [0.15, 0.2) is 0 Å². The van der Waals surface area contributed by atoms with Crippen molar-refractivity contribution in [3.63, 3.8) is 0 Å². The van der Waals surface area contributed by atoms with Crippen molar-refractivity contribution in [1.29, 1.82) is 5.26 Å². The summed E-state index contributed by atoms with van der Waals surface area (Å²) in [4.78, 5) is 14.1. The third-order valence-electron chi connectivity index (χ3n) is 3.30. The van der Waals surface area contributed by atoms with Gasteiger partial charge in [-0.25, -0.2) is 4.79 Å². The molecule has 1 aromatic carbocycles. The molecule has 0 saturated carbocycles. The molecule has 21 heavy (non-hydrogen) atoms. The quantitative estimate of drug-likeness (QED) is 0.861. The Bertz CT molecular complexity index is 540. The number of hydrogen-bond acceptors (Lipinski definition) is 4. The van der Waals surface area contributed by atoms with Crippen LogP contribution in [0.2, 0.25) is 0 Å². The molecule has 0 unspecified atom stereocenters. The fourth-order valence-electron chi connectivity index (χ4n) is 2.32. The first-order chi connectivity index (χ1) is 9.90. The number of piperazine rings is 1. The van der Waals surface area contributed by atoms with E-state index in [4.69, 9.17) is 10.00 Å². The van der Waals surface area contributed by atoms with Crippen LogP contribution in [0.5, 0.6) is 0 Å². The van der Waals surface area contributed by atoms with Crippen LogP contribution < -0.4 is 5.32 Å². The van der Waals surface area contributed by atoms with Gasteiger partial charge in [0, 0.05) is 19.6 Å². The predicted molar refractivity (Wildman–Crippen MR) is 79.7 cm³/mol. The summed E-state index contributed by atoms with van der Waals surface area (Å²) in [5.74, 6) is 0. The van der Waals surface area contributed by atoms with Gasteiger partial charge in [0.05, 0.1) is 17.7 Å². The smallest absolute Gasteiger partial charge is 0.410 e. The molecule has 1 aromatic rings. The highest BCUT2D eigenvalue weighted by atomic mass is 16.6. The third kappa shape index (κ3) is 3.96. The Labute approximate surface area is 125 Å². The molecule has 1 N–H and O–H groups in total. The lowest BCUT2D eigenvalue weighted by Crippen LogP contribution is -2.50. The van der Waals surface area contributed by atoms with Crippen LogP contribution in [-0.4, -0.2) is 36.2 Å². The van der Waals surface area contributed by atoms with Crippen molar-refractivity contribution in [3.05, 3.63) is 35.4 Å². The molecule has 0 aromatic heterocycles. The summed E-state index contributed by atoms with van der Waals surface area (Å²) in [6.07, 6.45) is -0.293. The summed E-state index contributed by atoms with van der Waals surface area (Å²) in [6.45, 7) is 7.65. The number of ether oxygens (including phenoxy) is 1. The Hall–Kier alpha value is -2.06. The molecule has 0 radical (unpaired) electrons. The topological polar surface area (TPSA) is 65.4 Å². The fraction of sp³-hybridized carbons (Fsp3) is 0.500. The van der Waals surface area contributed by atoms with Gasteiger partial charge in [-0.3, -0.25) is 4.90 Å². The van der Waals surface area contributed by atoms with Crippen molar-refractivity contribution >= 4 is 6.09 Å². The van der Waals surface area contributed by atoms with Crippen molar-refractivity contribution in [2.45, 2.75) is 32.4 Å². The van der Waals surface area contributed by atoms with Crippen LogP contribution >= 0.6 is 0 Å². The van der Waals surface area contributed by atoms with Crippen LogP contribution in [-0.2, 0) is 4.74 Å². The molecule has 0 spiro atoms. The third-order valence-corrected chi connectivity index (χ3v) is 3.30. The van der Waals surface area contributed by atoms with Crippen molar-refractivity contribution in [1.82, 2.24) is 10.2 Å². The first kappa shape index (κ1) is 15.3. The number of nitriles is 1. The summed E-state index contributed by atoms with van der Waals surface area (Å²) in [5, 5.41) is 12.2. The van der Waals surface area contributed by atoms with Crippen molar-refractivity contribution in [3.8, 4) is 6.07 Å². The van der Waals surface area contributed by atoms with E-state index >= 15 is 0 Å². The van der Waals surface area contributed by atoms with Crippen LogP contribution in [0.4, 0.5) is 4.79 Å². The Balaban J connectivity index is 2.18. The van der Waals surface area contributed by atoms with E-state index in [1.807, 2.05) is 32.9 Å². The number of hydrogen-bond donors (Lipinski definition) is 1. The number of amides is 1. The fourth-order valence-corrected chi connectivity index (χ4v) is 2.32. The molecular weight excluding hydrogens is 266 g/mol. The zero-order chi connectivity index (χ0) is 15.5. The average Bonchev–Trinajstić information content (AvgIpc) is 2.45. The molecule has 2 rings (SSSR count). The first-order valence-corrected chi connectivity index (χ1v) is 7.11. The van der Waals surface area contributed by atoms with Crippen LogP contribution in [0.3, 0.4) is 0 Å². The number of benzene rings is 1. The van der Waals surface area contributed by atoms with Gasteiger partial charge >= 0.3 is 6.09 Å². The second-order valence-electron chi connectivity index (χ2n) is 6.13. The molecule has 1 heterocycles. The number of nitrogens with zero attached hydrogens (tertiary/aromatic N) is 2. The Morgan fingerprint density at radius 1 is 1.38 bits per heavy atom. The summed E-state index contributed by atoms with van der Waals surface area (Å²) < 4.78 is 5.48. The summed E-state index contributed by atoms with van der Waals surface area (Å²) in [6, 6.07) is 9.38. The van der Waals surface area contributed by atoms with Crippen LogP contribution in [0.1, 0.15) is 37.9 Å². The standard InChI is InChI=1S/C16H21N3O2/c1-16(2,3)21-15(20)19-9-8-18-11-14(19)13-6-4-12(10-17)5-7-13/h4-7,14,18H,8-9,11H2,1-3H3/t14-/m1/s1. The van der Waals surface area contributed by atoms with Gasteiger partial charge in [0.1, 0.15) is 5.60 Å². The number of nitrogens with one attached hydrogen (secondary N) is 1. The highest BCUT2D eigenvalue weighted by Gasteiger charge is 2.31. The molecule has 0 bridgehead atoms. The van der Waals surface area contributed by atoms with E-state index in [0.29, 0.717) is 18.7 Å². The summed E-state index contributed by atoms with van der Waals surface area (Å²) in [5.41, 5.74) is 1.12. The molecule has 5 heteroatoms. The van der Waals surface area contributed by atoms with E-state index in [1.54, 1.807) is 17.0 Å². The maximum Gasteiger partial charge on any atom is 0.410 e. The van der Waals surface area contributed by atoms with E-state index in [0.717, 1.165) is 12.1 Å². The maximum atomic E-state index is 12.3. The van der Waals surface area contributed by atoms with E-state index in [1.165, 1.54) is 0 Å². The SMILES string of the molecule is CC(C)(C)OC(=O)N1CCNC[C@@H]1c1ccc(C#N)cc1. The predicted octanol–water partition coefficient (Wildman–Crippen LogP) is 2.44. The summed E-state index contributed by atoms with van der Waals surface area (Å²) in [7, 11) is 0. The normalized spacial score (nSPS) is 19.0. The van der Waals surface area contributed by atoms with E-state index < -0.39 is 5.60 Å². The number of carbonyl (C=O) groups excluding carboxylic acids is 1. The van der Waals surface area contributed by atoms with Crippen molar-refractivity contribution < 1.29 is 9.53 Å². The minimum absolute atomic E-state index is 0.0682. The first-order valence-electron chi connectivity index (χ1n) is 7.11. The van der Waals surface area contributed by atoms with Crippen molar-refractivity contribution in [2.75, 3.05) is 19.6 Å². The van der Waals surface area contributed by atoms with Gasteiger partial charge in [-0.1, -0.05) is 12.1 Å². The molecular formula is C16H21N3O2. The molecule has 1 fully saturated rings. The lowest BCUT2D eigenvalue weighted by Gasteiger charge is -2.37. The summed E-state index contributed by atoms with van der Waals surface area (Å²) >= 11 is 0. The second-order valence-corrected chi connectivity index (χ2v) is 6.13. The molecule has 1 saturated heterocycles. The maximum absolute atomic E-state index is 12.3. The minimum atomic E-state index is -0.503. The highest BCUT2D eigenvalue weighted by molar-refractivity contribution is 5.69. The van der Waals surface area contributed by atoms with E-state index in [9.17, 15) is 4.79 Å². The molecule has 5 nitrogen and oxygen atoms in total. The van der Waals surface area contributed by atoms with Crippen LogP contribution in [0, 0.1) is 11.3 Å². The number of rotatable bonds is 1. The second kappa shape index (κ2) is 6.15. The molecule has 1 amide bonds. The van der Waals surface area contributed by atoms with Crippen LogP contribution in [0.25, 0.3) is 0 Å². The monoisotopic (exact) mass is 287 g/mol. The molecule has 1 atom stereocenters. The molecule has 0 aliphatic carbocycles. The van der Waals surface area contributed by atoms with E-state index in [-0.39, 0.29) is 12.1 Å². The molecule has 1 aliphatic heterocycles. The Kier molecular flexibility index (Phi) is 4.49. The van der Waals surface area contributed by atoms with Gasteiger partial charge in [0.25, 0.3) is 0 Å². The molecule has 1 aliphatic rings. The largest absolute Gasteiger partial charge is 0.444 e. The lowest BCUT2D eigenvalue weighted by molar-refractivity contribution is 0.0118. The van der Waals surface area contributed by atoms with Gasteiger partial charge in [-0.15, -0.1) is 0 Å². The van der Waals surface area contributed by atoms with Crippen LogP contribution in [0.15, 0.2) is 24.3 Å². The number of carbonyl (C=O) groups is 1. The zero-order valence-electron chi connectivity index (χ0n) is 12.7. The minimum Gasteiger partial charge on any atom is -0.444 e. The lowest BCUT2D eigenvalue weighted by atomic mass is 10.0. The van der Waals surface area contributed by atoms with E-state index in [2.05, 4.69) is 11.4 Å². The molecule has 112 valence electrons. The Morgan fingerprint density at radius 3 is 2.62 bits per heavy atom. The van der Waals surface area contributed by atoms with Gasteiger partial charge in [0.2, 0.25) is 0 Å². The van der Waals surface area contributed by atoms with Crippen molar-refractivity contribution in [2.24, 2.45) is 0 Å². The Morgan fingerprint density at radius 2 is 2.05 bits per heavy atom. The van der Waals surface area contributed by atoms with Gasteiger partial charge in [-0.05, 0) is 38.5 Å². The zero-order valence-corrected chi connectivity index (χ0v) is 12.7. The highest BCUT2D eigenvalue weighted by Crippen LogP contribution is 2.24.